The minimum Gasteiger partial charge on any atom is -0.492 e. The molecule has 0 bridgehead atoms. The number of rotatable bonds is 5. The predicted octanol–water partition coefficient (Wildman–Crippen LogP) is 5.61. The van der Waals surface area contributed by atoms with Crippen molar-refractivity contribution in [2.24, 2.45) is 17.3 Å². The highest BCUT2D eigenvalue weighted by Crippen LogP contribution is 2.40. The molecule has 1 aliphatic carbocycles. The maximum atomic E-state index is 13.2. The van der Waals surface area contributed by atoms with E-state index in [-0.39, 0.29) is 11.3 Å². The largest absolute Gasteiger partial charge is 0.492 e. The molecule has 1 amide bonds. The number of ether oxygens (including phenoxy) is 1. The Hall–Kier alpha value is -2.34. The van der Waals surface area contributed by atoms with Gasteiger partial charge in [-0.3, -0.25) is 9.69 Å². The zero-order valence-electron chi connectivity index (χ0n) is 22.2. The van der Waals surface area contributed by atoms with E-state index in [2.05, 4.69) is 48.2 Å². The molecule has 2 aromatic rings. The molecular weight excluding hydrogens is 450 g/mol. The number of amides is 1. The molecule has 36 heavy (non-hydrogen) atoms. The lowest BCUT2D eigenvalue weighted by molar-refractivity contribution is 0.0345. The maximum absolute atomic E-state index is 13.2. The van der Waals surface area contributed by atoms with E-state index in [9.17, 15) is 4.79 Å². The third-order valence-corrected chi connectivity index (χ3v) is 8.31. The lowest BCUT2D eigenvalue weighted by Crippen LogP contribution is -2.49. The maximum Gasteiger partial charge on any atom is 0.292 e. The number of carbonyl (C=O) groups excluding carboxylic acids is 1. The molecule has 1 saturated heterocycles. The van der Waals surface area contributed by atoms with Crippen LogP contribution in [0.5, 0.6) is 5.75 Å². The second-order valence-corrected chi connectivity index (χ2v) is 11.9. The van der Waals surface area contributed by atoms with Gasteiger partial charge in [-0.25, -0.2) is 0 Å². The first-order valence-corrected chi connectivity index (χ1v) is 14.2. The Bertz CT molecular complexity index is 1000. The molecule has 0 N–H and O–H groups in total. The molecule has 3 aliphatic rings. The van der Waals surface area contributed by atoms with Gasteiger partial charge >= 0.3 is 0 Å². The number of piperidine rings is 1. The van der Waals surface area contributed by atoms with Gasteiger partial charge in [-0.2, -0.15) is 0 Å². The summed E-state index contributed by atoms with van der Waals surface area (Å²) in [6, 6.07) is 10.4. The summed E-state index contributed by atoms with van der Waals surface area (Å²) in [5.41, 5.74) is 2.49. The topological polar surface area (TPSA) is 58.8 Å². The van der Waals surface area contributed by atoms with E-state index in [1.807, 2.05) is 11.0 Å². The third kappa shape index (κ3) is 6.50. The van der Waals surface area contributed by atoms with E-state index >= 15 is 0 Å². The fourth-order valence-corrected chi connectivity index (χ4v) is 6.08. The first kappa shape index (κ1) is 25.3. The summed E-state index contributed by atoms with van der Waals surface area (Å²) in [4.78, 5) is 17.8. The summed E-state index contributed by atoms with van der Waals surface area (Å²) < 4.78 is 11.7. The summed E-state index contributed by atoms with van der Waals surface area (Å²) >= 11 is 0. The van der Waals surface area contributed by atoms with Crippen LogP contribution in [-0.2, 0) is 12.8 Å². The number of likely N-dealkylation sites (tertiary alicyclic amines) is 1. The van der Waals surface area contributed by atoms with Gasteiger partial charge < -0.3 is 14.2 Å². The molecule has 3 heterocycles. The third-order valence-electron chi connectivity index (χ3n) is 8.31. The van der Waals surface area contributed by atoms with Gasteiger partial charge in [0.1, 0.15) is 12.4 Å². The van der Waals surface area contributed by atoms with E-state index in [1.54, 1.807) is 0 Å². The number of nitrogens with zero attached hydrogens (tertiary/aromatic N) is 3. The van der Waals surface area contributed by atoms with Crippen LogP contribution < -0.4 is 4.74 Å². The zero-order chi connectivity index (χ0) is 25.0. The lowest BCUT2D eigenvalue weighted by Gasteiger charge is -2.45. The van der Waals surface area contributed by atoms with E-state index < -0.39 is 0 Å². The second kappa shape index (κ2) is 11.4. The van der Waals surface area contributed by atoms with Crippen molar-refractivity contribution in [3.05, 3.63) is 47.3 Å². The Kier molecular flexibility index (Phi) is 8.00. The van der Waals surface area contributed by atoms with Gasteiger partial charge in [-0.05, 0) is 80.2 Å². The van der Waals surface area contributed by atoms with Crippen molar-refractivity contribution in [3.8, 4) is 5.75 Å². The van der Waals surface area contributed by atoms with Gasteiger partial charge in [0.15, 0.2) is 0 Å². The van der Waals surface area contributed by atoms with Crippen LogP contribution in [0.3, 0.4) is 0 Å². The SMILES string of the molecule is CC(C)Cc1cc(C(=O)N2CCC3(CCCCc4ccccc4OCCN(CC4CC4)C3)CC2)on1. The molecule has 0 unspecified atom stereocenters. The Labute approximate surface area is 216 Å². The number of fused-ring (bicyclic) bond motifs is 1. The normalized spacial score (nSPS) is 21.5. The zero-order valence-corrected chi connectivity index (χ0v) is 22.2. The van der Waals surface area contributed by atoms with Crippen LogP contribution in [0.25, 0.3) is 0 Å². The van der Waals surface area contributed by atoms with Crippen LogP contribution in [0.4, 0.5) is 0 Å². The van der Waals surface area contributed by atoms with Gasteiger partial charge in [0.2, 0.25) is 5.76 Å². The number of para-hydroxylation sites is 1. The molecule has 5 rings (SSSR count). The second-order valence-electron chi connectivity index (χ2n) is 11.9. The van der Waals surface area contributed by atoms with E-state index in [0.717, 1.165) is 75.8 Å². The van der Waals surface area contributed by atoms with E-state index in [0.29, 0.717) is 11.7 Å². The Morgan fingerprint density at radius 1 is 1.11 bits per heavy atom. The molecule has 1 spiro atoms. The number of hydrogen-bond acceptors (Lipinski definition) is 5. The highest BCUT2D eigenvalue weighted by molar-refractivity contribution is 5.91. The highest BCUT2D eigenvalue weighted by atomic mass is 16.5. The molecule has 1 aromatic heterocycles. The number of hydrogen-bond donors (Lipinski definition) is 0. The first-order valence-electron chi connectivity index (χ1n) is 14.2. The number of aromatic nitrogens is 1. The fourth-order valence-electron chi connectivity index (χ4n) is 6.08. The standard InChI is InChI=1S/C30H43N3O3/c1-23(2)19-26-20-28(36-31-26)29(34)33-15-13-30(14-16-33)12-6-5-8-25-7-3-4-9-27(25)35-18-17-32(22-30)21-24-10-11-24/h3-4,7,9,20,23-24H,5-6,8,10-19,21-22H2,1-2H3. The number of carbonyl (C=O) groups is 1. The minimum absolute atomic E-state index is 0.000327. The quantitative estimate of drug-likeness (QED) is 0.542. The number of aryl methyl sites for hydroxylation is 1. The summed E-state index contributed by atoms with van der Waals surface area (Å²) in [6.07, 6.45) is 10.4. The van der Waals surface area contributed by atoms with Gasteiger partial charge in [0.05, 0.1) is 5.69 Å². The molecule has 1 aromatic carbocycles. The number of benzene rings is 1. The molecular formula is C30H43N3O3. The van der Waals surface area contributed by atoms with Gasteiger partial charge in [-0.1, -0.05) is 43.6 Å². The smallest absolute Gasteiger partial charge is 0.292 e. The summed E-state index contributed by atoms with van der Waals surface area (Å²) in [5.74, 6) is 2.81. The summed E-state index contributed by atoms with van der Waals surface area (Å²) in [5, 5.41) is 4.13. The fraction of sp³-hybridized carbons (Fsp3) is 0.667. The molecule has 6 heteroatoms. The molecule has 0 radical (unpaired) electrons. The molecule has 0 atom stereocenters. The van der Waals surface area contributed by atoms with Crippen molar-refractivity contribution in [1.29, 1.82) is 0 Å². The van der Waals surface area contributed by atoms with Gasteiger partial charge in [-0.15, -0.1) is 0 Å². The molecule has 6 nitrogen and oxygen atoms in total. The van der Waals surface area contributed by atoms with Gasteiger partial charge in [0, 0.05) is 38.8 Å². The lowest BCUT2D eigenvalue weighted by atomic mass is 9.73. The van der Waals surface area contributed by atoms with Crippen molar-refractivity contribution in [2.45, 2.75) is 71.6 Å². The summed E-state index contributed by atoms with van der Waals surface area (Å²) in [6.45, 7) is 9.94. The first-order chi connectivity index (χ1) is 17.5. The van der Waals surface area contributed by atoms with Crippen LogP contribution in [0.15, 0.2) is 34.9 Å². The van der Waals surface area contributed by atoms with Crippen LogP contribution in [0, 0.1) is 17.3 Å². The van der Waals surface area contributed by atoms with Crippen LogP contribution >= 0.6 is 0 Å². The average molecular weight is 494 g/mol. The average Bonchev–Trinajstić information content (AvgIpc) is 3.56. The minimum atomic E-state index is 0.000327. The van der Waals surface area contributed by atoms with Crippen molar-refractivity contribution in [3.63, 3.8) is 0 Å². The Morgan fingerprint density at radius 3 is 2.69 bits per heavy atom. The molecule has 2 fully saturated rings. The highest BCUT2D eigenvalue weighted by Gasteiger charge is 2.39. The molecule has 2 aliphatic heterocycles. The summed E-state index contributed by atoms with van der Waals surface area (Å²) in [7, 11) is 0. The van der Waals surface area contributed by atoms with Crippen molar-refractivity contribution >= 4 is 5.91 Å². The molecule has 196 valence electrons. The monoisotopic (exact) mass is 493 g/mol. The van der Waals surface area contributed by atoms with E-state index in [4.69, 9.17) is 9.26 Å². The Morgan fingerprint density at radius 2 is 1.92 bits per heavy atom. The van der Waals surface area contributed by atoms with Crippen molar-refractivity contribution < 1.29 is 14.1 Å². The molecule has 1 saturated carbocycles. The van der Waals surface area contributed by atoms with Crippen LogP contribution in [-0.4, -0.2) is 60.2 Å². The predicted molar refractivity (Wildman–Crippen MR) is 141 cm³/mol. The van der Waals surface area contributed by atoms with Crippen molar-refractivity contribution in [2.75, 3.05) is 39.3 Å². The van der Waals surface area contributed by atoms with Crippen molar-refractivity contribution in [1.82, 2.24) is 15.0 Å². The van der Waals surface area contributed by atoms with Crippen LogP contribution in [0.1, 0.15) is 80.6 Å². The van der Waals surface area contributed by atoms with Crippen LogP contribution in [0.2, 0.25) is 0 Å². The van der Waals surface area contributed by atoms with Gasteiger partial charge in [0.25, 0.3) is 5.91 Å². The Balaban J connectivity index is 1.25. The van der Waals surface area contributed by atoms with E-state index in [1.165, 1.54) is 44.2 Å².